The summed E-state index contributed by atoms with van der Waals surface area (Å²) in [7, 11) is 0. The molecule has 1 unspecified atom stereocenters. The van der Waals surface area contributed by atoms with Crippen LogP contribution in [0.1, 0.15) is 12.5 Å². The van der Waals surface area contributed by atoms with Crippen LogP contribution in [0.25, 0.3) is 0 Å². The van der Waals surface area contributed by atoms with E-state index in [2.05, 4.69) is 33.8 Å². The highest BCUT2D eigenvalue weighted by molar-refractivity contribution is 5.65. The van der Waals surface area contributed by atoms with E-state index in [4.69, 9.17) is 9.47 Å². The number of benzene rings is 1. The smallest absolute Gasteiger partial charge is 0.238 e. The summed E-state index contributed by atoms with van der Waals surface area (Å²) in [5.74, 6) is 2.80. The number of piperazine rings is 1. The molecule has 1 saturated heterocycles. The molecule has 2 aromatic rings. The van der Waals surface area contributed by atoms with E-state index in [0.717, 1.165) is 49.1 Å². The third kappa shape index (κ3) is 2.56. The van der Waals surface area contributed by atoms with Gasteiger partial charge < -0.3 is 19.3 Å². The van der Waals surface area contributed by atoms with Crippen molar-refractivity contribution in [1.29, 1.82) is 0 Å². The van der Waals surface area contributed by atoms with Crippen molar-refractivity contribution < 1.29 is 9.47 Å². The van der Waals surface area contributed by atoms with E-state index in [1.54, 1.807) is 0 Å². The van der Waals surface area contributed by atoms with E-state index < -0.39 is 0 Å². The molecule has 2 aliphatic rings. The highest BCUT2D eigenvalue weighted by Gasteiger charge is 2.26. The van der Waals surface area contributed by atoms with E-state index in [-0.39, 0.29) is 6.29 Å². The second-order valence-electron chi connectivity index (χ2n) is 6.00. The fourth-order valence-corrected chi connectivity index (χ4v) is 3.32. The minimum Gasteiger partial charge on any atom is -0.451 e. The van der Waals surface area contributed by atoms with E-state index in [0.29, 0.717) is 0 Å². The number of pyridine rings is 1. The molecule has 23 heavy (non-hydrogen) atoms. The summed E-state index contributed by atoms with van der Waals surface area (Å²) in [4.78, 5) is 9.20. The Labute approximate surface area is 136 Å². The Morgan fingerprint density at radius 3 is 2.52 bits per heavy atom. The van der Waals surface area contributed by atoms with Crippen molar-refractivity contribution >= 4 is 11.5 Å². The minimum atomic E-state index is -0.194. The van der Waals surface area contributed by atoms with Gasteiger partial charge >= 0.3 is 0 Å². The summed E-state index contributed by atoms with van der Waals surface area (Å²) < 4.78 is 11.4. The van der Waals surface area contributed by atoms with Gasteiger partial charge in [0, 0.05) is 50.6 Å². The molecule has 2 aliphatic heterocycles. The lowest BCUT2D eigenvalue weighted by Crippen LogP contribution is -2.47. The highest BCUT2D eigenvalue weighted by atomic mass is 16.7. The van der Waals surface area contributed by atoms with Crippen LogP contribution in [-0.4, -0.2) is 37.5 Å². The molecule has 3 heterocycles. The lowest BCUT2D eigenvalue weighted by Gasteiger charge is -2.37. The fraction of sp³-hybridized carbons (Fsp3) is 0.389. The Kier molecular flexibility index (Phi) is 3.48. The maximum atomic E-state index is 5.79. The molecule has 4 rings (SSSR count). The lowest BCUT2D eigenvalue weighted by molar-refractivity contribution is 0.0675. The lowest BCUT2D eigenvalue weighted by atomic mass is 10.1. The van der Waals surface area contributed by atoms with Crippen LogP contribution in [0.4, 0.5) is 11.5 Å². The van der Waals surface area contributed by atoms with Crippen molar-refractivity contribution in [2.24, 2.45) is 0 Å². The molecular weight excluding hydrogens is 290 g/mol. The Balaban J connectivity index is 1.50. The summed E-state index contributed by atoms with van der Waals surface area (Å²) in [5, 5.41) is 0. The number of anilines is 2. The Morgan fingerprint density at radius 1 is 1.00 bits per heavy atom. The van der Waals surface area contributed by atoms with Gasteiger partial charge in [-0.05, 0) is 31.2 Å². The van der Waals surface area contributed by atoms with E-state index in [1.165, 1.54) is 5.69 Å². The zero-order chi connectivity index (χ0) is 15.8. The molecule has 120 valence electrons. The molecule has 1 aromatic carbocycles. The minimum absolute atomic E-state index is 0.194. The van der Waals surface area contributed by atoms with Crippen molar-refractivity contribution in [1.82, 2.24) is 4.98 Å². The van der Waals surface area contributed by atoms with Gasteiger partial charge in [0.05, 0.1) is 0 Å². The van der Waals surface area contributed by atoms with Gasteiger partial charge in [0.1, 0.15) is 5.82 Å². The number of hydrogen-bond acceptors (Lipinski definition) is 5. The molecule has 1 atom stereocenters. The van der Waals surface area contributed by atoms with Crippen LogP contribution in [0.5, 0.6) is 11.5 Å². The monoisotopic (exact) mass is 311 g/mol. The summed E-state index contributed by atoms with van der Waals surface area (Å²) in [6, 6.07) is 10.2. The molecule has 5 heteroatoms. The summed E-state index contributed by atoms with van der Waals surface area (Å²) in [5.41, 5.74) is 2.40. The number of ether oxygens (including phenoxy) is 2. The van der Waals surface area contributed by atoms with Crippen LogP contribution in [0, 0.1) is 6.92 Å². The first-order valence-electron chi connectivity index (χ1n) is 8.10. The van der Waals surface area contributed by atoms with Crippen molar-refractivity contribution in [2.75, 3.05) is 36.0 Å². The molecule has 5 nitrogen and oxygen atoms in total. The summed E-state index contributed by atoms with van der Waals surface area (Å²) in [6.45, 7) is 7.94. The molecule has 0 N–H and O–H groups in total. The predicted molar refractivity (Wildman–Crippen MR) is 90.6 cm³/mol. The first-order chi connectivity index (χ1) is 11.2. The summed E-state index contributed by atoms with van der Waals surface area (Å²) in [6.07, 6.45) is 1.66. The Hall–Kier alpha value is -2.43. The van der Waals surface area contributed by atoms with Crippen LogP contribution < -0.4 is 19.3 Å². The number of hydrogen-bond donors (Lipinski definition) is 0. The zero-order valence-electron chi connectivity index (χ0n) is 13.5. The van der Waals surface area contributed by atoms with Crippen LogP contribution in [-0.2, 0) is 0 Å². The number of rotatable bonds is 2. The van der Waals surface area contributed by atoms with Gasteiger partial charge in [-0.1, -0.05) is 6.07 Å². The van der Waals surface area contributed by atoms with Gasteiger partial charge in [0.15, 0.2) is 11.5 Å². The molecule has 1 fully saturated rings. The number of nitrogens with zero attached hydrogens (tertiary/aromatic N) is 3. The molecule has 0 amide bonds. The van der Waals surface area contributed by atoms with E-state index in [9.17, 15) is 0 Å². The van der Waals surface area contributed by atoms with E-state index >= 15 is 0 Å². The second-order valence-corrected chi connectivity index (χ2v) is 6.00. The first-order valence-corrected chi connectivity index (χ1v) is 8.10. The number of aromatic nitrogens is 1. The topological polar surface area (TPSA) is 37.8 Å². The van der Waals surface area contributed by atoms with Gasteiger partial charge in [-0.2, -0.15) is 0 Å². The van der Waals surface area contributed by atoms with Crippen molar-refractivity contribution in [3.63, 3.8) is 0 Å². The maximum Gasteiger partial charge on any atom is 0.238 e. The molecule has 0 spiro atoms. The SMILES string of the molecule is Cc1c(N2CCN(c3ccccn3)CC2)ccc2c1OC(C)O2. The van der Waals surface area contributed by atoms with Crippen LogP contribution in [0.3, 0.4) is 0 Å². The molecular formula is C18H21N3O2. The second kappa shape index (κ2) is 5.65. The van der Waals surface area contributed by atoms with Crippen molar-refractivity contribution in [3.8, 4) is 11.5 Å². The van der Waals surface area contributed by atoms with Gasteiger partial charge in [0.2, 0.25) is 6.29 Å². The van der Waals surface area contributed by atoms with Crippen LogP contribution >= 0.6 is 0 Å². The van der Waals surface area contributed by atoms with E-state index in [1.807, 2.05) is 31.3 Å². The first kappa shape index (κ1) is 14.2. The van der Waals surface area contributed by atoms with Gasteiger partial charge in [-0.15, -0.1) is 0 Å². The maximum absolute atomic E-state index is 5.79. The Morgan fingerprint density at radius 2 is 1.78 bits per heavy atom. The average Bonchev–Trinajstić information content (AvgIpc) is 2.98. The molecule has 0 bridgehead atoms. The summed E-state index contributed by atoms with van der Waals surface area (Å²) >= 11 is 0. The van der Waals surface area contributed by atoms with Gasteiger partial charge in [-0.3, -0.25) is 0 Å². The van der Waals surface area contributed by atoms with Crippen LogP contribution in [0.2, 0.25) is 0 Å². The predicted octanol–water partition coefficient (Wildman–Crippen LogP) is 2.83. The van der Waals surface area contributed by atoms with Crippen LogP contribution in [0.15, 0.2) is 36.5 Å². The van der Waals surface area contributed by atoms with Crippen molar-refractivity contribution in [3.05, 3.63) is 42.1 Å². The molecule has 1 aromatic heterocycles. The Bertz CT molecular complexity index is 697. The zero-order valence-corrected chi connectivity index (χ0v) is 13.5. The standard InChI is InChI=1S/C18H21N3O2/c1-13-15(6-7-16-18(13)23-14(2)22-16)20-9-11-21(12-10-20)17-5-3-4-8-19-17/h3-8,14H,9-12H2,1-2H3. The third-order valence-electron chi connectivity index (χ3n) is 4.51. The van der Waals surface area contributed by atoms with Crippen molar-refractivity contribution in [2.45, 2.75) is 20.1 Å². The highest BCUT2D eigenvalue weighted by Crippen LogP contribution is 2.42. The van der Waals surface area contributed by atoms with Gasteiger partial charge in [0.25, 0.3) is 0 Å². The van der Waals surface area contributed by atoms with Gasteiger partial charge in [-0.25, -0.2) is 4.98 Å². The average molecular weight is 311 g/mol. The quantitative estimate of drug-likeness (QED) is 0.852. The largest absolute Gasteiger partial charge is 0.451 e. The molecule has 0 radical (unpaired) electrons. The third-order valence-corrected chi connectivity index (χ3v) is 4.51. The normalized spacial score (nSPS) is 20.0. The molecule has 0 aliphatic carbocycles. The number of fused-ring (bicyclic) bond motifs is 1. The fourth-order valence-electron chi connectivity index (χ4n) is 3.32. The molecule has 0 saturated carbocycles.